The quantitative estimate of drug-likeness (QED) is 0.0181. The third-order valence-corrected chi connectivity index (χ3v) is 26.0. The van der Waals surface area contributed by atoms with E-state index in [9.17, 15) is 43.2 Å². The van der Waals surface area contributed by atoms with Crippen LogP contribution in [0.5, 0.6) is 0 Å². The minimum atomic E-state index is -1.26. The number of ether oxygens (including phenoxy) is 9. The molecule has 824 valence electrons. The number of rotatable bonds is 110. The molecule has 0 radical (unpaired) electrons. The molecule has 0 aliphatic heterocycles. The van der Waals surface area contributed by atoms with Crippen LogP contribution in [0.3, 0.4) is 0 Å². The third-order valence-electron chi connectivity index (χ3n) is 26.0. The highest BCUT2D eigenvalue weighted by Crippen LogP contribution is 2.22. The van der Waals surface area contributed by atoms with Crippen LogP contribution in [0.15, 0.2) is 109 Å². The fraction of sp³-hybridized carbons (Fsp3) is 0.784. The first-order valence-corrected chi connectivity index (χ1v) is 59.7. The van der Waals surface area contributed by atoms with Gasteiger partial charge in [-0.05, 0) is 205 Å². The zero-order valence-electron chi connectivity index (χ0n) is 92.6. The maximum Gasteiger partial charge on any atom is 0.308 e. The molecule has 18 heteroatoms. The van der Waals surface area contributed by atoms with Gasteiger partial charge in [0, 0.05) is 57.8 Å². The number of esters is 9. The Kier molecular flexibility index (Phi) is 108. The lowest BCUT2D eigenvalue weighted by atomic mass is 10.0. The SMILES string of the molecule is CC/C=C/C/C=C/C/C=C\CCCCCCCC(=O)OC(COC(=O)CCCC/C=C\CCCCCCCCCC(=O)OCC(COC(=O)CCCCCCC/C=C/CCCCCCCC(=O)OC(COC(=O)CCCCCCCCCCCCCCCCC)OC(=O)CCCCCCC/C=C\CCCCCCCC)OC(=O)CCCC/C=C/C/C=C\C/C=C/CCCCCCC)OC(=O)CCCCCCCC. The van der Waals surface area contributed by atoms with Gasteiger partial charge in [-0.2, -0.15) is 0 Å². The lowest BCUT2D eigenvalue weighted by molar-refractivity contribution is -0.200. The van der Waals surface area contributed by atoms with Gasteiger partial charge in [0.1, 0.15) is 13.2 Å². The minimum Gasteiger partial charge on any atom is -0.462 e. The molecule has 0 N–H and O–H groups in total. The van der Waals surface area contributed by atoms with Crippen LogP contribution in [-0.4, -0.2) is 98.8 Å². The highest BCUT2D eigenvalue weighted by molar-refractivity contribution is 5.74. The topological polar surface area (TPSA) is 237 Å². The molecular formula is C125H216O18. The van der Waals surface area contributed by atoms with Gasteiger partial charge in [-0.3, -0.25) is 43.2 Å². The lowest BCUT2D eigenvalue weighted by Gasteiger charge is -2.18. The van der Waals surface area contributed by atoms with Crippen LogP contribution in [0.25, 0.3) is 0 Å². The van der Waals surface area contributed by atoms with Crippen LogP contribution in [-0.2, 0) is 85.8 Å². The zero-order valence-corrected chi connectivity index (χ0v) is 92.6. The van der Waals surface area contributed by atoms with Crippen molar-refractivity contribution < 1.29 is 85.8 Å². The predicted octanol–water partition coefficient (Wildman–Crippen LogP) is 36.5. The molecule has 3 unspecified atom stereocenters. The van der Waals surface area contributed by atoms with E-state index >= 15 is 0 Å². The molecule has 0 amide bonds. The Morgan fingerprint density at radius 3 is 0.510 bits per heavy atom. The van der Waals surface area contributed by atoms with Gasteiger partial charge in [-0.25, -0.2) is 0 Å². The average molecular weight is 2010 g/mol. The first-order chi connectivity index (χ1) is 70.3. The summed E-state index contributed by atoms with van der Waals surface area (Å²) in [6.45, 7) is 10.1. The van der Waals surface area contributed by atoms with E-state index in [1.54, 1.807) is 0 Å². The van der Waals surface area contributed by atoms with Gasteiger partial charge in [0.05, 0.1) is 0 Å². The molecule has 0 aromatic heterocycles. The van der Waals surface area contributed by atoms with Crippen molar-refractivity contribution in [3.63, 3.8) is 0 Å². The van der Waals surface area contributed by atoms with Gasteiger partial charge in [0.2, 0.25) is 0 Å². The van der Waals surface area contributed by atoms with Crippen LogP contribution in [0.1, 0.15) is 587 Å². The molecule has 0 heterocycles. The Morgan fingerprint density at radius 2 is 0.301 bits per heavy atom. The van der Waals surface area contributed by atoms with Gasteiger partial charge in [0.25, 0.3) is 12.6 Å². The first kappa shape index (κ1) is 136. The molecule has 0 aliphatic rings. The molecule has 0 rings (SSSR count). The largest absolute Gasteiger partial charge is 0.462 e. The number of hydrogen-bond acceptors (Lipinski definition) is 18. The predicted molar refractivity (Wildman–Crippen MR) is 593 cm³/mol. The molecule has 0 bridgehead atoms. The van der Waals surface area contributed by atoms with Crippen LogP contribution >= 0.6 is 0 Å². The Morgan fingerprint density at radius 1 is 0.154 bits per heavy atom. The van der Waals surface area contributed by atoms with E-state index in [0.717, 1.165) is 283 Å². The van der Waals surface area contributed by atoms with Gasteiger partial charge in [0.15, 0.2) is 19.3 Å². The second-order valence-corrected chi connectivity index (χ2v) is 40.0. The fourth-order valence-electron chi connectivity index (χ4n) is 17.0. The van der Waals surface area contributed by atoms with Crippen LogP contribution < -0.4 is 0 Å². The van der Waals surface area contributed by atoms with E-state index in [1.165, 1.54) is 161 Å². The van der Waals surface area contributed by atoms with Crippen molar-refractivity contribution in [3.05, 3.63) is 109 Å². The average Bonchev–Trinajstić information content (AvgIpc) is 0.928. The van der Waals surface area contributed by atoms with Crippen molar-refractivity contribution in [1.82, 2.24) is 0 Å². The Hall–Kier alpha value is -7.11. The van der Waals surface area contributed by atoms with Crippen LogP contribution in [0.2, 0.25) is 0 Å². The van der Waals surface area contributed by atoms with E-state index in [1.807, 2.05) is 0 Å². The molecular weight excluding hydrogens is 1790 g/mol. The van der Waals surface area contributed by atoms with Gasteiger partial charge >= 0.3 is 53.7 Å². The van der Waals surface area contributed by atoms with E-state index in [-0.39, 0.29) is 102 Å². The second kappa shape index (κ2) is 114. The molecule has 0 aliphatic carbocycles. The maximum absolute atomic E-state index is 13.2. The minimum absolute atomic E-state index is 0.176. The van der Waals surface area contributed by atoms with Crippen molar-refractivity contribution in [1.29, 1.82) is 0 Å². The standard InChI is InChI=1S/C125H216O18/c1-6-11-16-21-26-30-34-38-42-43-47-55-63-71-79-88-96-105-119(130)139-114(111-136-116(127)102-93-85-76-68-61-57-50-58-62-70-78-87-95-103-117(128)137-112-124(140-120(131)106-97-83-25-20-15-10-5)141-121(132)107-98-89-80-72-64-53-45-40-36-32-28-23-18-13-8-3)110-135-115(126)101-92-84-75-67-59-52-48-49-56-66-74-82-91-100-109-123(134)143-125(142-122(133)108-99-90-81-73-65-54-46-41-37-33-29-24-19-14-9-4)113-138-118(129)104-94-86-77-69-60-51-44-39-35-31-27-22-17-12-7-2/h13,18,28,32,34,38,40-41,43,45-49,62-63,70-71,114,124-125H,6-12,14-17,19-27,29-31,33,35-37,39,42,44,50-61,64-69,72-113H2,1-5H3/b18-13+,32-28+,38-34+,45-40-,46-41-,47-43-,49-48+,70-62-,71-63+. The summed E-state index contributed by atoms with van der Waals surface area (Å²) < 4.78 is 50.5. The Labute approximate surface area is 875 Å². The fourth-order valence-corrected chi connectivity index (χ4v) is 17.0. The summed E-state index contributed by atoms with van der Waals surface area (Å²) in [5.74, 6) is -3.72. The summed E-state index contributed by atoms with van der Waals surface area (Å²) in [6.07, 6.45) is 121. The van der Waals surface area contributed by atoms with Crippen molar-refractivity contribution in [2.75, 3.05) is 26.4 Å². The van der Waals surface area contributed by atoms with E-state index in [2.05, 4.69) is 144 Å². The van der Waals surface area contributed by atoms with Crippen LogP contribution in [0.4, 0.5) is 0 Å². The molecule has 0 spiro atoms. The van der Waals surface area contributed by atoms with E-state index in [4.69, 9.17) is 42.6 Å². The number of unbranched alkanes of at least 4 members (excludes halogenated alkanes) is 61. The lowest BCUT2D eigenvalue weighted by Crippen LogP contribution is -2.30. The zero-order chi connectivity index (χ0) is 104. The monoisotopic (exact) mass is 2010 g/mol. The summed E-state index contributed by atoms with van der Waals surface area (Å²) >= 11 is 0. The first-order valence-electron chi connectivity index (χ1n) is 59.7. The Bertz CT molecular complexity index is 3190. The van der Waals surface area contributed by atoms with Crippen molar-refractivity contribution in [2.45, 2.75) is 605 Å². The van der Waals surface area contributed by atoms with E-state index < -0.39 is 54.5 Å². The Balaban J connectivity index is 4.97. The van der Waals surface area contributed by atoms with Crippen molar-refractivity contribution >= 4 is 53.7 Å². The summed E-state index contributed by atoms with van der Waals surface area (Å²) in [5, 5.41) is 0. The maximum atomic E-state index is 13.2. The summed E-state index contributed by atoms with van der Waals surface area (Å²) in [7, 11) is 0. The van der Waals surface area contributed by atoms with Gasteiger partial charge in [-0.15, -0.1) is 0 Å². The number of carbonyl (C=O) groups is 9. The molecule has 0 aromatic carbocycles. The summed E-state index contributed by atoms with van der Waals surface area (Å²) in [4.78, 5) is 117. The molecule has 0 fully saturated rings. The molecule has 18 nitrogen and oxygen atoms in total. The highest BCUT2D eigenvalue weighted by Gasteiger charge is 2.25. The van der Waals surface area contributed by atoms with Gasteiger partial charge in [-0.1, -0.05) is 433 Å². The number of allylic oxidation sites excluding steroid dienone is 18. The van der Waals surface area contributed by atoms with Crippen molar-refractivity contribution in [3.8, 4) is 0 Å². The smallest absolute Gasteiger partial charge is 0.308 e. The normalized spacial score (nSPS) is 12.6. The van der Waals surface area contributed by atoms with Crippen LogP contribution in [0, 0.1) is 0 Å². The molecule has 143 heavy (non-hydrogen) atoms. The molecule has 0 saturated carbocycles. The number of hydrogen-bond donors (Lipinski definition) is 0. The summed E-state index contributed by atoms with van der Waals surface area (Å²) in [6, 6.07) is 0. The summed E-state index contributed by atoms with van der Waals surface area (Å²) in [5.41, 5.74) is 0. The second-order valence-electron chi connectivity index (χ2n) is 40.0. The number of carbonyl (C=O) groups excluding carboxylic acids is 9. The highest BCUT2D eigenvalue weighted by atomic mass is 16.7. The van der Waals surface area contributed by atoms with E-state index in [0.29, 0.717) is 51.4 Å². The molecule has 0 saturated heterocycles. The molecule has 3 atom stereocenters. The van der Waals surface area contributed by atoms with Gasteiger partial charge < -0.3 is 42.6 Å². The molecule has 0 aromatic rings. The third kappa shape index (κ3) is 109. The van der Waals surface area contributed by atoms with Crippen molar-refractivity contribution in [2.24, 2.45) is 0 Å².